The summed E-state index contributed by atoms with van der Waals surface area (Å²) in [6, 6.07) is 11.2. The first-order chi connectivity index (χ1) is 11.9. The molecule has 0 radical (unpaired) electrons. The van der Waals surface area contributed by atoms with Crippen molar-refractivity contribution in [2.75, 3.05) is 13.6 Å². The summed E-state index contributed by atoms with van der Waals surface area (Å²) in [5.74, 6) is 0.277. The molecule has 0 aromatic heterocycles. The number of guanidine groups is 1. The van der Waals surface area contributed by atoms with Gasteiger partial charge in [0, 0.05) is 20.1 Å². The first-order valence-corrected chi connectivity index (χ1v) is 7.73. The minimum absolute atomic E-state index is 0. The van der Waals surface area contributed by atoms with Crippen molar-refractivity contribution >= 4 is 29.9 Å². The van der Waals surface area contributed by atoms with E-state index < -0.39 is 11.7 Å². The zero-order valence-corrected chi connectivity index (χ0v) is 16.4. The highest BCUT2D eigenvalue weighted by Crippen LogP contribution is 2.29. The minimum Gasteiger partial charge on any atom is -0.356 e. The Kier molecular flexibility index (Phi) is 8.83. The second kappa shape index (κ2) is 10.3. The molecule has 8 heteroatoms. The third-order valence-electron chi connectivity index (χ3n) is 3.58. The van der Waals surface area contributed by atoms with E-state index in [1.165, 1.54) is 24.3 Å². The maximum atomic E-state index is 12.9. The molecule has 0 atom stereocenters. The standard InChI is InChI=1S/C18H19F4N3.HI/c1-23-17(25-12-14-4-8-16(19)9-5-14)24-11-10-13-2-6-15(7-3-13)18(20,21)22;/h2-9H,10-12H2,1H3,(H2,23,24,25);1H. The van der Waals surface area contributed by atoms with Crippen LogP contribution in [0.4, 0.5) is 17.6 Å². The van der Waals surface area contributed by atoms with Crippen LogP contribution in [0.25, 0.3) is 0 Å². The Labute approximate surface area is 166 Å². The Morgan fingerprint density at radius 3 is 2.04 bits per heavy atom. The number of hydrogen-bond acceptors (Lipinski definition) is 1. The van der Waals surface area contributed by atoms with Gasteiger partial charge >= 0.3 is 6.18 Å². The molecule has 0 unspecified atom stereocenters. The van der Waals surface area contributed by atoms with E-state index in [2.05, 4.69) is 15.6 Å². The molecule has 142 valence electrons. The molecular formula is C18H20F4IN3. The molecule has 2 rings (SSSR count). The summed E-state index contributed by atoms with van der Waals surface area (Å²) in [6.45, 7) is 1.01. The van der Waals surface area contributed by atoms with Gasteiger partial charge in [-0.3, -0.25) is 4.99 Å². The van der Waals surface area contributed by atoms with Crippen molar-refractivity contribution in [1.29, 1.82) is 0 Å². The van der Waals surface area contributed by atoms with Crippen molar-refractivity contribution in [1.82, 2.24) is 10.6 Å². The molecule has 3 nitrogen and oxygen atoms in total. The van der Waals surface area contributed by atoms with Crippen molar-refractivity contribution in [2.24, 2.45) is 4.99 Å². The highest BCUT2D eigenvalue weighted by Gasteiger charge is 2.29. The van der Waals surface area contributed by atoms with E-state index >= 15 is 0 Å². The van der Waals surface area contributed by atoms with E-state index in [4.69, 9.17) is 0 Å². The molecule has 0 saturated carbocycles. The van der Waals surface area contributed by atoms with Crippen LogP contribution in [-0.4, -0.2) is 19.6 Å². The van der Waals surface area contributed by atoms with Gasteiger partial charge in [-0.25, -0.2) is 4.39 Å². The first-order valence-electron chi connectivity index (χ1n) is 7.73. The maximum Gasteiger partial charge on any atom is 0.416 e. The molecule has 0 amide bonds. The topological polar surface area (TPSA) is 36.4 Å². The van der Waals surface area contributed by atoms with E-state index in [9.17, 15) is 17.6 Å². The number of aliphatic imine (C=N–C) groups is 1. The normalized spacial score (nSPS) is 11.7. The summed E-state index contributed by atoms with van der Waals surface area (Å²) in [4.78, 5) is 4.07. The Morgan fingerprint density at radius 1 is 0.923 bits per heavy atom. The van der Waals surface area contributed by atoms with Crippen LogP contribution >= 0.6 is 24.0 Å². The Hall–Kier alpha value is -1.84. The summed E-state index contributed by atoms with van der Waals surface area (Å²) < 4.78 is 50.4. The van der Waals surface area contributed by atoms with Crippen molar-refractivity contribution < 1.29 is 17.6 Å². The van der Waals surface area contributed by atoms with Gasteiger partial charge in [0.15, 0.2) is 5.96 Å². The van der Waals surface area contributed by atoms with Gasteiger partial charge in [-0.15, -0.1) is 24.0 Å². The van der Waals surface area contributed by atoms with Crippen LogP contribution in [-0.2, 0) is 19.1 Å². The fourth-order valence-corrected chi connectivity index (χ4v) is 2.19. The molecule has 0 aliphatic heterocycles. The van der Waals surface area contributed by atoms with E-state index in [1.54, 1.807) is 19.2 Å². The number of benzene rings is 2. The number of halogens is 5. The fourth-order valence-electron chi connectivity index (χ4n) is 2.19. The van der Waals surface area contributed by atoms with Crippen molar-refractivity contribution in [3.63, 3.8) is 0 Å². The largest absolute Gasteiger partial charge is 0.416 e. The summed E-state index contributed by atoms with van der Waals surface area (Å²) in [5, 5.41) is 6.18. The average Bonchev–Trinajstić information content (AvgIpc) is 2.59. The molecule has 0 aliphatic carbocycles. The smallest absolute Gasteiger partial charge is 0.356 e. The molecule has 26 heavy (non-hydrogen) atoms. The number of rotatable bonds is 5. The summed E-state index contributed by atoms with van der Waals surface area (Å²) in [5.41, 5.74) is 1.06. The molecule has 2 aromatic carbocycles. The van der Waals surface area contributed by atoms with Crippen LogP contribution < -0.4 is 10.6 Å². The molecular weight excluding hydrogens is 461 g/mol. The highest BCUT2D eigenvalue weighted by molar-refractivity contribution is 14.0. The lowest BCUT2D eigenvalue weighted by Crippen LogP contribution is -2.37. The summed E-state index contributed by atoms with van der Waals surface area (Å²) in [7, 11) is 1.62. The highest BCUT2D eigenvalue weighted by atomic mass is 127. The van der Waals surface area contributed by atoms with Crippen LogP contribution in [0.3, 0.4) is 0 Å². The zero-order valence-electron chi connectivity index (χ0n) is 14.1. The molecule has 0 fully saturated rings. The first kappa shape index (κ1) is 22.2. The van der Waals surface area contributed by atoms with E-state index in [-0.39, 0.29) is 29.8 Å². The van der Waals surface area contributed by atoms with E-state index in [1.807, 2.05) is 0 Å². The second-order valence-corrected chi connectivity index (χ2v) is 5.42. The number of hydrogen-bond donors (Lipinski definition) is 2. The maximum absolute atomic E-state index is 12.9. The minimum atomic E-state index is -4.32. The van der Waals surface area contributed by atoms with Crippen LogP contribution in [0.15, 0.2) is 53.5 Å². The lowest BCUT2D eigenvalue weighted by Gasteiger charge is -2.12. The van der Waals surface area contributed by atoms with Gasteiger partial charge in [0.05, 0.1) is 5.56 Å². The lowest BCUT2D eigenvalue weighted by molar-refractivity contribution is -0.137. The molecule has 0 heterocycles. The Morgan fingerprint density at radius 2 is 1.50 bits per heavy atom. The van der Waals surface area contributed by atoms with Crippen molar-refractivity contribution in [3.8, 4) is 0 Å². The quantitative estimate of drug-likeness (QED) is 0.288. The molecule has 2 N–H and O–H groups in total. The van der Waals surface area contributed by atoms with Gasteiger partial charge in [0.1, 0.15) is 5.82 Å². The predicted octanol–water partition coefficient (Wildman–Crippen LogP) is 4.37. The van der Waals surface area contributed by atoms with E-state index in [0.29, 0.717) is 25.5 Å². The molecule has 2 aromatic rings. The second-order valence-electron chi connectivity index (χ2n) is 5.42. The summed E-state index contributed by atoms with van der Waals surface area (Å²) in [6.07, 6.45) is -3.75. The third kappa shape index (κ3) is 7.19. The fraction of sp³-hybridized carbons (Fsp3) is 0.278. The number of nitrogens with one attached hydrogen (secondary N) is 2. The van der Waals surface area contributed by atoms with E-state index in [0.717, 1.165) is 23.3 Å². The van der Waals surface area contributed by atoms with Gasteiger partial charge in [0.25, 0.3) is 0 Å². The van der Waals surface area contributed by atoms with Gasteiger partial charge in [-0.05, 0) is 41.8 Å². The van der Waals surface area contributed by atoms with Gasteiger partial charge < -0.3 is 10.6 Å². The predicted molar refractivity (Wildman–Crippen MR) is 105 cm³/mol. The SMILES string of the molecule is CN=C(NCCc1ccc(C(F)(F)F)cc1)NCc1ccc(F)cc1.I. The van der Waals surface area contributed by atoms with Crippen LogP contribution in [0.5, 0.6) is 0 Å². The van der Waals surface area contributed by atoms with Crippen LogP contribution in [0.2, 0.25) is 0 Å². The van der Waals surface area contributed by atoms with Gasteiger partial charge in [-0.1, -0.05) is 24.3 Å². The zero-order chi connectivity index (χ0) is 18.3. The van der Waals surface area contributed by atoms with Crippen molar-refractivity contribution in [2.45, 2.75) is 19.1 Å². The van der Waals surface area contributed by atoms with Gasteiger partial charge in [0.2, 0.25) is 0 Å². The van der Waals surface area contributed by atoms with Crippen LogP contribution in [0.1, 0.15) is 16.7 Å². The molecule has 0 bridgehead atoms. The average molecular weight is 481 g/mol. The monoisotopic (exact) mass is 481 g/mol. The lowest BCUT2D eigenvalue weighted by atomic mass is 10.1. The third-order valence-corrected chi connectivity index (χ3v) is 3.58. The number of alkyl halides is 3. The van der Waals surface area contributed by atoms with Crippen molar-refractivity contribution in [3.05, 3.63) is 71.0 Å². The molecule has 0 saturated heterocycles. The Bertz CT molecular complexity index is 698. The summed E-state index contributed by atoms with van der Waals surface area (Å²) >= 11 is 0. The molecule has 0 aliphatic rings. The molecule has 0 spiro atoms. The Balaban J connectivity index is 0.00000338. The number of nitrogens with zero attached hydrogens (tertiary/aromatic N) is 1. The van der Waals surface area contributed by atoms with Gasteiger partial charge in [-0.2, -0.15) is 13.2 Å². The van der Waals surface area contributed by atoms with Crippen LogP contribution in [0, 0.1) is 5.82 Å².